The molecule has 1 atom stereocenters. The van der Waals surface area contributed by atoms with Gasteiger partial charge >= 0.3 is 0 Å². The van der Waals surface area contributed by atoms with Gasteiger partial charge in [-0.3, -0.25) is 0 Å². The summed E-state index contributed by atoms with van der Waals surface area (Å²) in [6, 6.07) is 4.17. The van der Waals surface area contributed by atoms with Crippen LogP contribution in [0.3, 0.4) is 0 Å². The van der Waals surface area contributed by atoms with Gasteiger partial charge in [-0.05, 0) is 39.9 Å². The van der Waals surface area contributed by atoms with E-state index in [1.165, 1.54) is 3.57 Å². The van der Waals surface area contributed by atoms with Crippen LogP contribution in [0.5, 0.6) is 5.75 Å². The zero-order valence-corrected chi connectivity index (χ0v) is 11.5. The van der Waals surface area contributed by atoms with Gasteiger partial charge in [0.2, 0.25) is 0 Å². The molecule has 0 aliphatic rings. The van der Waals surface area contributed by atoms with E-state index in [4.69, 9.17) is 4.74 Å². The maximum absolute atomic E-state index is 9.43. The molecular formula is C10H15B2IO2. The minimum absolute atomic E-state index is 0.372. The molecule has 0 fully saturated rings. The van der Waals surface area contributed by atoms with Crippen molar-refractivity contribution in [2.24, 2.45) is 0 Å². The second-order valence-corrected chi connectivity index (χ2v) is 4.99. The van der Waals surface area contributed by atoms with Gasteiger partial charge < -0.3 is 9.84 Å². The average Bonchev–Trinajstić information content (AvgIpc) is 2.15. The van der Waals surface area contributed by atoms with E-state index in [1.807, 2.05) is 22.6 Å². The highest BCUT2D eigenvalue weighted by atomic mass is 127. The van der Waals surface area contributed by atoms with Crippen LogP contribution in [0.15, 0.2) is 12.1 Å². The predicted molar refractivity (Wildman–Crippen MR) is 77.3 cm³/mol. The van der Waals surface area contributed by atoms with Gasteiger partial charge in [0.25, 0.3) is 0 Å². The molecule has 2 nitrogen and oxygen atoms in total. The second-order valence-electron chi connectivity index (χ2n) is 3.74. The van der Waals surface area contributed by atoms with Crippen molar-refractivity contribution in [2.45, 2.75) is 19.4 Å². The van der Waals surface area contributed by atoms with Gasteiger partial charge in [0.05, 0.1) is 6.10 Å². The lowest BCUT2D eigenvalue weighted by atomic mass is 9.86. The summed E-state index contributed by atoms with van der Waals surface area (Å²) in [7, 11) is 4.06. The standard InChI is InChI=1S/C10H15B2IO2/c1-2-7(14)5-15-10-8(11)3-6(13)4-9(10)12/h3-4,7,14H,2,5,11-12H2,1H3. The number of benzene rings is 1. The van der Waals surface area contributed by atoms with Crippen molar-refractivity contribution in [1.29, 1.82) is 0 Å². The molecule has 0 bridgehead atoms. The molecule has 0 saturated heterocycles. The van der Waals surface area contributed by atoms with E-state index in [-0.39, 0.29) is 6.10 Å². The summed E-state index contributed by atoms with van der Waals surface area (Å²) in [6.07, 6.45) is 0.353. The topological polar surface area (TPSA) is 29.5 Å². The summed E-state index contributed by atoms with van der Waals surface area (Å²) < 4.78 is 6.84. The lowest BCUT2D eigenvalue weighted by molar-refractivity contribution is 0.105. The molecule has 1 aromatic rings. The number of halogens is 1. The van der Waals surface area contributed by atoms with Crippen LogP contribution in [0.2, 0.25) is 0 Å². The van der Waals surface area contributed by atoms with Crippen LogP contribution in [0, 0.1) is 3.57 Å². The fraction of sp³-hybridized carbons (Fsp3) is 0.400. The molecule has 0 spiro atoms. The first-order valence-corrected chi connectivity index (χ1v) is 6.20. The summed E-state index contributed by atoms with van der Waals surface area (Å²) in [6.45, 7) is 2.32. The number of aliphatic hydroxyl groups is 1. The Balaban J connectivity index is 2.77. The van der Waals surface area contributed by atoms with E-state index >= 15 is 0 Å². The Labute approximate surface area is 106 Å². The first kappa shape index (κ1) is 12.9. The van der Waals surface area contributed by atoms with Crippen molar-refractivity contribution in [3.63, 3.8) is 0 Å². The monoisotopic (exact) mass is 316 g/mol. The highest BCUT2D eigenvalue weighted by Crippen LogP contribution is 2.08. The Kier molecular flexibility index (Phi) is 4.99. The Morgan fingerprint density at radius 1 is 1.40 bits per heavy atom. The van der Waals surface area contributed by atoms with Crippen LogP contribution < -0.4 is 15.7 Å². The van der Waals surface area contributed by atoms with E-state index in [9.17, 15) is 5.11 Å². The van der Waals surface area contributed by atoms with E-state index in [2.05, 4.69) is 34.7 Å². The first-order valence-electron chi connectivity index (χ1n) is 5.12. The fourth-order valence-electron chi connectivity index (χ4n) is 1.42. The van der Waals surface area contributed by atoms with Gasteiger partial charge in [-0.25, -0.2) is 0 Å². The van der Waals surface area contributed by atoms with E-state index in [0.29, 0.717) is 6.61 Å². The Hall–Kier alpha value is -0.160. The first-order chi connectivity index (χ1) is 7.04. The summed E-state index contributed by atoms with van der Waals surface area (Å²) in [5.41, 5.74) is 2.26. The molecule has 0 amide bonds. The van der Waals surface area contributed by atoms with Gasteiger partial charge in [-0.15, -0.1) is 0 Å². The maximum atomic E-state index is 9.43. The molecule has 0 heterocycles. The highest BCUT2D eigenvalue weighted by Gasteiger charge is 2.07. The summed E-state index contributed by atoms with van der Waals surface area (Å²) in [5, 5.41) is 9.43. The molecule has 80 valence electrons. The highest BCUT2D eigenvalue weighted by molar-refractivity contribution is 14.1. The van der Waals surface area contributed by atoms with Gasteiger partial charge in [-0.2, -0.15) is 0 Å². The van der Waals surface area contributed by atoms with Crippen LogP contribution in [0.25, 0.3) is 0 Å². The minimum atomic E-state index is -0.372. The van der Waals surface area contributed by atoms with Crippen LogP contribution in [0.1, 0.15) is 13.3 Å². The fourth-order valence-corrected chi connectivity index (χ4v) is 2.36. The van der Waals surface area contributed by atoms with Crippen molar-refractivity contribution >= 4 is 49.2 Å². The summed E-state index contributed by atoms with van der Waals surface area (Å²) in [4.78, 5) is 0. The molecular weight excluding hydrogens is 301 g/mol. The van der Waals surface area contributed by atoms with Crippen LogP contribution >= 0.6 is 22.6 Å². The van der Waals surface area contributed by atoms with Gasteiger partial charge in [0, 0.05) is 3.57 Å². The lowest BCUT2D eigenvalue weighted by Crippen LogP contribution is -2.25. The second kappa shape index (κ2) is 5.80. The molecule has 1 aromatic carbocycles. The quantitative estimate of drug-likeness (QED) is 0.568. The zero-order valence-electron chi connectivity index (χ0n) is 9.38. The molecule has 1 N–H and O–H groups in total. The van der Waals surface area contributed by atoms with Crippen LogP contribution in [-0.2, 0) is 0 Å². The molecule has 5 heteroatoms. The predicted octanol–water partition coefficient (Wildman–Crippen LogP) is -1.04. The molecule has 0 aliphatic heterocycles. The van der Waals surface area contributed by atoms with Crippen molar-refractivity contribution in [1.82, 2.24) is 0 Å². The number of hydrogen-bond donors (Lipinski definition) is 1. The van der Waals surface area contributed by atoms with Crippen molar-refractivity contribution in [2.75, 3.05) is 6.61 Å². The Bertz CT molecular complexity index is 321. The van der Waals surface area contributed by atoms with Crippen molar-refractivity contribution in [3.8, 4) is 5.75 Å². The largest absolute Gasteiger partial charge is 0.492 e. The normalized spacial score (nSPS) is 12.5. The molecule has 0 radical (unpaired) electrons. The van der Waals surface area contributed by atoms with Gasteiger partial charge in [-0.1, -0.05) is 19.1 Å². The van der Waals surface area contributed by atoms with Crippen molar-refractivity contribution in [3.05, 3.63) is 15.7 Å². The third-order valence-corrected chi connectivity index (χ3v) is 2.94. The third kappa shape index (κ3) is 3.72. The van der Waals surface area contributed by atoms with Gasteiger partial charge in [0.15, 0.2) is 0 Å². The molecule has 1 unspecified atom stereocenters. The van der Waals surface area contributed by atoms with E-state index < -0.39 is 0 Å². The van der Waals surface area contributed by atoms with E-state index in [0.717, 1.165) is 23.1 Å². The molecule has 1 rings (SSSR count). The summed E-state index contributed by atoms with van der Waals surface area (Å²) in [5.74, 6) is 0.905. The zero-order chi connectivity index (χ0) is 11.4. The van der Waals surface area contributed by atoms with Crippen molar-refractivity contribution < 1.29 is 9.84 Å². The SMILES string of the molecule is Bc1cc(I)cc(B)c1OCC(O)CC. The molecule has 0 aromatic heterocycles. The Morgan fingerprint density at radius 3 is 2.40 bits per heavy atom. The average molecular weight is 316 g/mol. The van der Waals surface area contributed by atoms with Crippen LogP contribution in [-0.4, -0.2) is 33.5 Å². The minimum Gasteiger partial charge on any atom is -0.492 e. The van der Waals surface area contributed by atoms with Crippen LogP contribution in [0.4, 0.5) is 0 Å². The molecule has 15 heavy (non-hydrogen) atoms. The summed E-state index contributed by atoms with van der Waals surface area (Å²) >= 11 is 2.29. The molecule has 0 saturated carbocycles. The number of ether oxygens (including phenoxy) is 1. The number of rotatable bonds is 4. The smallest absolute Gasteiger partial charge is 0.144 e. The third-order valence-electron chi connectivity index (χ3n) is 2.32. The lowest BCUT2D eigenvalue weighted by Gasteiger charge is -2.15. The number of hydrogen-bond acceptors (Lipinski definition) is 2. The van der Waals surface area contributed by atoms with E-state index in [1.54, 1.807) is 0 Å². The molecule has 0 aliphatic carbocycles. The number of aliphatic hydroxyl groups excluding tert-OH is 1. The Morgan fingerprint density at radius 2 is 1.93 bits per heavy atom. The van der Waals surface area contributed by atoms with Gasteiger partial charge in [0.1, 0.15) is 28.0 Å². The maximum Gasteiger partial charge on any atom is 0.144 e.